The molecule has 0 N–H and O–H groups in total. The molecule has 0 aromatic heterocycles. The van der Waals surface area contributed by atoms with E-state index < -0.39 is 6.10 Å². The van der Waals surface area contributed by atoms with Gasteiger partial charge in [-0.1, -0.05) is 284 Å². The summed E-state index contributed by atoms with van der Waals surface area (Å²) in [6.07, 6.45) is 91.0. The maximum absolute atomic E-state index is 12.9. The highest BCUT2D eigenvalue weighted by Gasteiger charge is 2.19. The molecule has 0 aliphatic heterocycles. The van der Waals surface area contributed by atoms with Gasteiger partial charge in [-0.05, 0) is 122 Å². The van der Waals surface area contributed by atoms with Crippen LogP contribution in [0.3, 0.4) is 0 Å². The Hall–Kier alpha value is -3.93. The third-order valence-electron chi connectivity index (χ3n) is 14.2. The monoisotopic (exact) mass is 1100 g/mol. The minimum Gasteiger partial charge on any atom is -0.462 e. The lowest BCUT2D eigenvalue weighted by molar-refractivity contribution is -0.167. The van der Waals surface area contributed by atoms with Crippen LogP contribution in [0.25, 0.3) is 0 Å². The van der Waals surface area contributed by atoms with E-state index in [4.69, 9.17) is 14.2 Å². The van der Waals surface area contributed by atoms with E-state index in [1.165, 1.54) is 161 Å². The van der Waals surface area contributed by atoms with Crippen molar-refractivity contribution in [2.45, 2.75) is 322 Å². The second-order valence-electron chi connectivity index (χ2n) is 22.0. The van der Waals surface area contributed by atoms with Crippen molar-refractivity contribution in [2.75, 3.05) is 13.2 Å². The summed E-state index contributed by atoms with van der Waals surface area (Å²) >= 11 is 0. The van der Waals surface area contributed by atoms with E-state index in [2.05, 4.69) is 130 Å². The van der Waals surface area contributed by atoms with E-state index in [1.54, 1.807) is 0 Å². The van der Waals surface area contributed by atoms with Gasteiger partial charge in [0.2, 0.25) is 0 Å². The van der Waals surface area contributed by atoms with Crippen molar-refractivity contribution in [3.05, 3.63) is 109 Å². The van der Waals surface area contributed by atoms with Crippen LogP contribution in [0.1, 0.15) is 316 Å². The second-order valence-corrected chi connectivity index (χ2v) is 22.0. The van der Waals surface area contributed by atoms with E-state index in [0.29, 0.717) is 19.3 Å². The molecule has 0 rings (SSSR count). The van der Waals surface area contributed by atoms with Crippen LogP contribution >= 0.6 is 0 Å². The van der Waals surface area contributed by atoms with Gasteiger partial charge in [-0.3, -0.25) is 14.4 Å². The zero-order chi connectivity index (χ0) is 57.1. The van der Waals surface area contributed by atoms with Crippen LogP contribution in [0, 0.1) is 0 Å². The Balaban J connectivity index is 4.29. The Morgan fingerprint density at radius 1 is 0.266 bits per heavy atom. The number of allylic oxidation sites excluding steroid dienone is 18. The van der Waals surface area contributed by atoms with Crippen LogP contribution in [-0.2, 0) is 28.6 Å². The lowest BCUT2D eigenvalue weighted by Crippen LogP contribution is -2.30. The highest BCUT2D eigenvalue weighted by Crippen LogP contribution is 2.16. The Kier molecular flexibility index (Phi) is 63.3. The van der Waals surface area contributed by atoms with Gasteiger partial charge in [-0.15, -0.1) is 0 Å². The molecule has 0 bridgehead atoms. The molecule has 0 saturated carbocycles. The van der Waals surface area contributed by atoms with Crippen LogP contribution in [0.2, 0.25) is 0 Å². The molecule has 0 fully saturated rings. The van der Waals surface area contributed by atoms with Crippen LogP contribution in [0.4, 0.5) is 0 Å². The van der Waals surface area contributed by atoms with Crippen LogP contribution in [-0.4, -0.2) is 37.2 Å². The molecular formula is C73H124O6. The van der Waals surface area contributed by atoms with Gasteiger partial charge >= 0.3 is 17.9 Å². The molecule has 1 atom stereocenters. The van der Waals surface area contributed by atoms with Crippen molar-refractivity contribution in [3.8, 4) is 0 Å². The van der Waals surface area contributed by atoms with Crippen LogP contribution in [0.15, 0.2) is 109 Å². The topological polar surface area (TPSA) is 78.9 Å². The van der Waals surface area contributed by atoms with Gasteiger partial charge in [0.15, 0.2) is 6.10 Å². The average molecular weight is 1100 g/mol. The summed E-state index contributed by atoms with van der Waals surface area (Å²) in [5.41, 5.74) is 0. The fourth-order valence-corrected chi connectivity index (χ4v) is 9.22. The number of unbranched alkanes of at least 4 members (excludes halogenated alkanes) is 31. The molecule has 0 radical (unpaired) electrons. The van der Waals surface area contributed by atoms with Crippen LogP contribution in [0.5, 0.6) is 0 Å². The molecule has 0 aromatic carbocycles. The minimum absolute atomic E-state index is 0.0862. The molecular weight excluding hydrogens is 973 g/mol. The van der Waals surface area contributed by atoms with Gasteiger partial charge in [0.1, 0.15) is 13.2 Å². The summed E-state index contributed by atoms with van der Waals surface area (Å²) < 4.78 is 16.9. The predicted molar refractivity (Wildman–Crippen MR) is 343 cm³/mol. The highest BCUT2D eigenvalue weighted by molar-refractivity contribution is 5.71. The third kappa shape index (κ3) is 64.8. The zero-order valence-electron chi connectivity index (χ0n) is 51.9. The lowest BCUT2D eigenvalue weighted by atomic mass is 10.1. The predicted octanol–water partition coefficient (Wildman–Crippen LogP) is 23.0. The Labute approximate surface area is 489 Å². The summed E-state index contributed by atoms with van der Waals surface area (Å²) in [5, 5.41) is 0. The number of hydrogen-bond donors (Lipinski definition) is 0. The number of carbonyl (C=O) groups is 3. The molecule has 452 valence electrons. The first-order valence-electron chi connectivity index (χ1n) is 33.4. The molecule has 0 aliphatic rings. The molecule has 0 heterocycles. The van der Waals surface area contributed by atoms with Crippen molar-refractivity contribution in [1.29, 1.82) is 0 Å². The van der Waals surface area contributed by atoms with Gasteiger partial charge in [0, 0.05) is 19.3 Å². The number of ether oxygens (including phenoxy) is 3. The van der Waals surface area contributed by atoms with E-state index in [0.717, 1.165) is 116 Å². The normalized spacial score (nSPS) is 12.8. The smallest absolute Gasteiger partial charge is 0.306 e. The summed E-state index contributed by atoms with van der Waals surface area (Å²) in [5.74, 6) is -0.900. The molecule has 0 aromatic rings. The number of hydrogen-bond acceptors (Lipinski definition) is 6. The Morgan fingerprint density at radius 2 is 0.506 bits per heavy atom. The standard InChI is InChI=1S/C73H124O6/c1-4-7-10-13-16-19-22-24-26-28-30-32-33-34-35-36-37-38-39-41-42-44-46-48-51-54-57-60-63-66-72(75)78-69-70(68-77-71(74)65-62-59-56-53-50-21-18-15-12-9-6-3)79-73(76)67-64-61-58-55-52-49-47-45-43-40-31-29-27-25-23-20-17-14-11-8-5-2/h7,10,15-16,18-19,24,26,29-32,34-35,37-38,41-42,70H,4-6,8-9,11-14,17,20-23,25,27-28,33,36,39-40,43-69H2,1-3H3/b10-7-,18-15-,19-16-,26-24-,31-29-,32-30-,35-34-,38-37-,42-41-. The summed E-state index contributed by atoms with van der Waals surface area (Å²) in [6.45, 7) is 6.49. The van der Waals surface area contributed by atoms with Crippen LogP contribution < -0.4 is 0 Å². The first-order valence-corrected chi connectivity index (χ1v) is 33.4. The van der Waals surface area contributed by atoms with E-state index in [9.17, 15) is 14.4 Å². The molecule has 79 heavy (non-hydrogen) atoms. The molecule has 0 saturated heterocycles. The minimum atomic E-state index is -0.789. The van der Waals surface area contributed by atoms with Gasteiger partial charge < -0.3 is 14.2 Å². The van der Waals surface area contributed by atoms with Gasteiger partial charge in [-0.2, -0.15) is 0 Å². The van der Waals surface area contributed by atoms with Crippen molar-refractivity contribution in [2.24, 2.45) is 0 Å². The number of rotatable bonds is 60. The van der Waals surface area contributed by atoms with Crippen molar-refractivity contribution in [1.82, 2.24) is 0 Å². The number of carbonyl (C=O) groups excluding carboxylic acids is 3. The highest BCUT2D eigenvalue weighted by atomic mass is 16.6. The third-order valence-corrected chi connectivity index (χ3v) is 14.2. The first kappa shape index (κ1) is 75.1. The molecule has 1 unspecified atom stereocenters. The molecule has 6 heteroatoms. The molecule has 0 amide bonds. The SMILES string of the molecule is CC/C=C\C/C=C\C/C=C\C/C=C\C/C=C\C/C=C\C/C=C\CCCCCCCCCC(=O)OCC(COC(=O)CCCCCCC/C=C\CCCC)OC(=O)CCCCCCCCCCC/C=C\CCCCCCCCCC. The Bertz CT molecular complexity index is 1590. The Morgan fingerprint density at radius 3 is 0.823 bits per heavy atom. The average Bonchev–Trinajstić information content (AvgIpc) is 3.45. The van der Waals surface area contributed by atoms with Gasteiger partial charge in [-0.25, -0.2) is 0 Å². The van der Waals surface area contributed by atoms with Gasteiger partial charge in [0.05, 0.1) is 0 Å². The van der Waals surface area contributed by atoms with E-state index >= 15 is 0 Å². The van der Waals surface area contributed by atoms with E-state index in [-0.39, 0.29) is 31.1 Å². The maximum atomic E-state index is 12.9. The number of esters is 3. The fourth-order valence-electron chi connectivity index (χ4n) is 9.22. The van der Waals surface area contributed by atoms with Crippen molar-refractivity contribution >= 4 is 17.9 Å². The summed E-state index contributed by atoms with van der Waals surface area (Å²) in [7, 11) is 0. The maximum Gasteiger partial charge on any atom is 0.306 e. The molecule has 6 nitrogen and oxygen atoms in total. The van der Waals surface area contributed by atoms with Crippen molar-refractivity contribution < 1.29 is 28.6 Å². The van der Waals surface area contributed by atoms with Gasteiger partial charge in [0.25, 0.3) is 0 Å². The molecule has 0 aliphatic carbocycles. The first-order chi connectivity index (χ1) is 39.0. The second kappa shape index (κ2) is 66.6. The van der Waals surface area contributed by atoms with Crippen molar-refractivity contribution in [3.63, 3.8) is 0 Å². The largest absolute Gasteiger partial charge is 0.462 e. The van der Waals surface area contributed by atoms with E-state index in [1.807, 2.05) is 0 Å². The summed E-state index contributed by atoms with van der Waals surface area (Å²) in [6, 6.07) is 0. The lowest BCUT2D eigenvalue weighted by Gasteiger charge is -2.18. The fraction of sp³-hybridized carbons (Fsp3) is 0.712. The zero-order valence-corrected chi connectivity index (χ0v) is 51.9. The quantitative estimate of drug-likeness (QED) is 0.0261. The molecule has 0 spiro atoms. The summed E-state index contributed by atoms with van der Waals surface area (Å²) in [4.78, 5) is 38.3.